The van der Waals surface area contributed by atoms with E-state index in [0.717, 1.165) is 38.1 Å². The van der Waals surface area contributed by atoms with Gasteiger partial charge in [0.05, 0.1) is 11.7 Å². The molecule has 31 heavy (non-hydrogen) atoms. The summed E-state index contributed by atoms with van der Waals surface area (Å²) in [6.45, 7) is 12.9. The topological polar surface area (TPSA) is 38.3 Å². The summed E-state index contributed by atoms with van der Waals surface area (Å²) in [5.41, 5.74) is 3.99. The van der Waals surface area contributed by atoms with Crippen LogP contribution in [0.15, 0.2) is 22.8 Å². The molecule has 0 unspecified atom stereocenters. The summed E-state index contributed by atoms with van der Waals surface area (Å²) in [5, 5.41) is 3.80. The van der Waals surface area contributed by atoms with E-state index in [1.54, 1.807) is 5.57 Å². The summed E-state index contributed by atoms with van der Waals surface area (Å²) in [7, 11) is 0. The van der Waals surface area contributed by atoms with Crippen LogP contribution in [0.25, 0.3) is 0 Å². The highest BCUT2D eigenvalue weighted by molar-refractivity contribution is 6.02. The molecule has 0 aromatic carbocycles. The molecule has 2 saturated carbocycles. The molecule has 0 bridgehead atoms. The molecule has 6 rings (SSSR count). The fourth-order valence-corrected chi connectivity index (χ4v) is 9.13. The van der Waals surface area contributed by atoms with E-state index in [-0.39, 0.29) is 16.9 Å². The first-order valence-corrected chi connectivity index (χ1v) is 13.1. The Hall–Kier alpha value is -0.930. The van der Waals surface area contributed by atoms with Gasteiger partial charge >= 0.3 is 0 Å². The van der Waals surface area contributed by atoms with E-state index in [4.69, 9.17) is 4.74 Å². The molecular formula is C28H41NO2. The number of nitrogens with one attached hydrogen (secondary N) is 1. The number of carbonyl (C=O) groups excluding carboxylic acids is 1. The van der Waals surface area contributed by atoms with Gasteiger partial charge in [0.15, 0.2) is 5.78 Å². The Labute approximate surface area is 188 Å². The molecular weight excluding hydrogens is 382 g/mol. The number of ketones is 1. The number of carbonyl (C=O) groups is 1. The molecule has 2 aliphatic heterocycles. The van der Waals surface area contributed by atoms with Gasteiger partial charge in [-0.25, -0.2) is 0 Å². The highest BCUT2D eigenvalue weighted by atomic mass is 16.5. The van der Waals surface area contributed by atoms with Crippen molar-refractivity contribution in [2.45, 2.75) is 97.3 Å². The van der Waals surface area contributed by atoms with E-state index < -0.39 is 0 Å². The van der Waals surface area contributed by atoms with Crippen molar-refractivity contribution in [3.63, 3.8) is 0 Å². The van der Waals surface area contributed by atoms with Crippen molar-refractivity contribution in [3.05, 3.63) is 22.8 Å². The van der Waals surface area contributed by atoms with Gasteiger partial charge < -0.3 is 10.1 Å². The third kappa shape index (κ3) is 2.63. The van der Waals surface area contributed by atoms with Crippen LogP contribution < -0.4 is 5.32 Å². The minimum absolute atomic E-state index is 0.0947. The van der Waals surface area contributed by atoms with Crippen LogP contribution in [-0.2, 0) is 9.53 Å². The second-order valence-corrected chi connectivity index (χ2v) is 12.5. The molecule has 3 heteroatoms. The van der Waals surface area contributed by atoms with Crippen molar-refractivity contribution in [2.24, 2.45) is 40.9 Å². The SMILES string of the molecule is CC1=C2C(=O)[C@H]3[C@@H](CC=C4C[C@@H](C)CC[C@@]43C)[C@@H]2CC[C@]12O[C@@H]1C[C@H](C)CN[C@H]1[C@H]2C. The van der Waals surface area contributed by atoms with Gasteiger partial charge in [-0.1, -0.05) is 39.3 Å². The standard InChI is InChI=1S/C28H41NO2/c1-15-8-10-27(5)19(12-15)6-7-21-20-9-11-28(17(3)23(20)26(30)24(21)27)18(4)25-22(31-28)13-16(2)14-29-25/h6,15-16,18,20-22,24-25,29H,7-14H2,1-5H3/t15-,16-,18+,20-,21-,22+,24+,25-,27-,28-/m0/s1. The molecule has 4 fully saturated rings. The number of ether oxygens (including phenoxy) is 1. The average molecular weight is 424 g/mol. The molecule has 3 nitrogen and oxygen atoms in total. The molecule has 2 heterocycles. The Bertz CT molecular complexity index is 872. The normalized spacial score (nSPS) is 53.7. The van der Waals surface area contributed by atoms with Crippen LogP contribution in [0.3, 0.4) is 0 Å². The van der Waals surface area contributed by atoms with Gasteiger partial charge in [0.1, 0.15) is 0 Å². The first-order valence-electron chi connectivity index (χ1n) is 13.1. The maximum Gasteiger partial charge on any atom is 0.163 e. The summed E-state index contributed by atoms with van der Waals surface area (Å²) in [6.07, 6.45) is 11.0. The van der Waals surface area contributed by atoms with Crippen molar-refractivity contribution in [1.82, 2.24) is 5.32 Å². The largest absolute Gasteiger partial charge is 0.365 e. The van der Waals surface area contributed by atoms with Crippen LogP contribution in [-0.4, -0.2) is 30.1 Å². The number of piperidine rings is 1. The summed E-state index contributed by atoms with van der Waals surface area (Å²) in [5.74, 6) is 3.57. The predicted octanol–water partition coefficient (Wildman–Crippen LogP) is 5.46. The smallest absolute Gasteiger partial charge is 0.163 e. The van der Waals surface area contributed by atoms with Gasteiger partial charge in [-0.15, -0.1) is 0 Å². The predicted molar refractivity (Wildman–Crippen MR) is 124 cm³/mol. The van der Waals surface area contributed by atoms with Crippen molar-refractivity contribution in [3.8, 4) is 0 Å². The molecule has 1 N–H and O–H groups in total. The monoisotopic (exact) mass is 423 g/mol. The fourth-order valence-electron chi connectivity index (χ4n) is 9.13. The molecule has 4 aliphatic carbocycles. The summed E-state index contributed by atoms with van der Waals surface area (Å²) in [4.78, 5) is 14.2. The van der Waals surface area contributed by atoms with Gasteiger partial charge in [0, 0.05) is 23.5 Å². The van der Waals surface area contributed by atoms with Crippen LogP contribution in [0.2, 0.25) is 0 Å². The van der Waals surface area contributed by atoms with Crippen LogP contribution in [0.1, 0.15) is 79.6 Å². The average Bonchev–Trinajstić information content (AvgIpc) is 3.18. The molecule has 0 radical (unpaired) electrons. The molecule has 10 atom stereocenters. The van der Waals surface area contributed by atoms with E-state index in [2.05, 4.69) is 46.0 Å². The quantitative estimate of drug-likeness (QED) is 0.526. The van der Waals surface area contributed by atoms with Gasteiger partial charge in [-0.2, -0.15) is 0 Å². The zero-order valence-corrected chi connectivity index (χ0v) is 20.2. The molecule has 1 spiro atoms. The second-order valence-electron chi connectivity index (χ2n) is 12.5. The zero-order chi connectivity index (χ0) is 21.7. The minimum atomic E-state index is -0.223. The van der Waals surface area contributed by atoms with Crippen molar-refractivity contribution >= 4 is 5.78 Å². The van der Waals surface area contributed by atoms with Crippen LogP contribution in [0.4, 0.5) is 0 Å². The Balaban J connectivity index is 1.39. The van der Waals surface area contributed by atoms with E-state index >= 15 is 0 Å². The van der Waals surface area contributed by atoms with E-state index in [0.29, 0.717) is 41.6 Å². The van der Waals surface area contributed by atoms with Crippen molar-refractivity contribution in [1.29, 1.82) is 0 Å². The highest BCUT2D eigenvalue weighted by Gasteiger charge is 2.63. The number of rotatable bonds is 0. The molecule has 170 valence electrons. The van der Waals surface area contributed by atoms with Gasteiger partial charge in [0.2, 0.25) is 0 Å². The fraction of sp³-hybridized carbons (Fsp3) is 0.821. The second kappa shape index (κ2) is 6.79. The van der Waals surface area contributed by atoms with Crippen molar-refractivity contribution in [2.75, 3.05) is 6.54 Å². The minimum Gasteiger partial charge on any atom is -0.365 e. The number of hydrogen-bond acceptors (Lipinski definition) is 3. The Morgan fingerprint density at radius 1 is 1.13 bits per heavy atom. The lowest BCUT2D eigenvalue weighted by molar-refractivity contribution is -0.123. The van der Waals surface area contributed by atoms with Gasteiger partial charge in [-0.3, -0.25) is 4.79 Å². The molecule has 0 aromatic heterocycles. The van der Waals surface area contributed by atoms with Crippen LogP contribution in [0.5, 0.6) is 0 Å². The number of Topliss-reactive ketones (excluding diaryl/α,β-unsaturated/α-hetero) is 1. The number of fused-ring (bicyclic) bond motifs is 6. The maximum absolute atomic E-state index is 14.2. The summed E-state index contributed by atoms with van der Waals surface area (Å²) < 4.78 is 6.96. The van der Waals surface area contributed by atoms with Crippen LogP contribution in [0, 0.1) is 40.9 Å². The lowest BCUT2D eigenvalue weighted by Crippen LogP contribution is -2.49. The third-order valence-corrected chi connectivity index (χ3v) is 10.9. The van der Waals surface area contributed by atoms with E-state index in [1.807, 2.05) is 0 Å². The summed E-state index contributed by atoms with van der Waals surface area (Å²) in [6, 6.07) is 0.438. The van der Waals surface area contributed by atoms with Gasteiger partial charge in [-0.05, 0) is 93.1 Å². The first kappa shape index (κ1) is 20.7. The Morgan fingerprint density at radius 3 is 2.74 bits per heavy atom. The highest BCUT2D eigenvalue weighted by Crippen LogP contribution is 2.64. The molecule has 2 saturated heterocycles. The lowest BCUT2D eigenvalue weighted by Gasteiger charge is -2.48. The van der Waals surface area contributed by atoms with E-state index in [9.17, 15) is 4.79 Å². The number of allylic oxidation sites excluding steroid dienone is 3. The van der Waals surface area contributed by atoms with Crippen molar-refractivity contribution < 1.29 is 9.53 Å². The number of hydrogen-bond donors (Lipinski definition) is 1. The molecule has 0 aromatic rings. The van der Waals surface area contributed by atoms with Gasteiger partial charge in [0.25, 0.3) is 0 Å². The molecule has 0 amide bonds. The summed E-state index contributed by atoms with van der Waals surface area (Å²) >= 11 is 0. The third-order valence-electron chi connectivity index (χ3n) is 10.9. The first-order chi connectivity index (χ1) is 14.8. The van der Waals surface area contributed by atoms with Crippen LogP contribution >= 0.6 is 0 Å². The Morgan fingerprint density at radius 2 is 1.94 bits per heavy atom. The maximum atomic E-state index is 14.2. The molecule has 6 aliphatic rings. The zero-order valence-electron chi connectivity index (χ0n) is 20.2. The van der Waals surface area contributed by atoms with E-state index in [1.165, 1.54) is 30.4 Å². The Kier molecular flexibility index (Phi) is 4.53. The lowest BCUT2D eigenvalue weighted by atomic mass is 9.55.